The molecule has 30 heavy (non-hydrogen) atoms. The van der Waals surface area contributed by atoms with Crippen LogP contribution in [0, 0.1) is 11.8 Å². The number of likely N-dealkylation sites (tertiary alicyclic amines) is 1. The number of nitrogens with one attached hydrogen (secondary N) is 2. The molecule has 3 fully saturated rings. The highest BCUT2D eigenvalue weighted by molar-refractivity contribution is 5.51. The Hall–Kier alpha value is -1.56. The molecule has 0 bridgehead atoms. The lowest BCUT2D eigenvalue weighted by atomic mass is 9.71. The zero-order valence-corrected chi connectivity index (χ0v) is 18.3. The van der Waals surface area contributed by atoms with E-state index in [0.717, 1.165) is 36.0 Å². The third-order valence-corrected chi connectivity index (χ3v) is 8.45. The molecule has 5 heteroatoms. The van der Waals surface area contributed by atoms with Crippen molar-refractivity contribution in [2.75, 3.05) is 18.1 Å². The van der Waals surface area contributed by atoms with Crippen molar-refractivity contribution >= 4 is 11.4 Å². The topological polar surface area (TPSA) is 79.3 Å². The van der Waals surface area contributed by atoms with Crippen molar-refractivity contribution in [2.24, 2.45) is 17.6 Å². The number of anilines is 2. The van der Waals surface area contributed by atoms with E-state index in [2.05, 4.69) is 46.9 Å². The standard InChI is InChI=1S/C25H39N5/c1-30-24-12-10-20(28-18-6-2-16(26)3-7-18)14-22(24)23-15-21(11-13-25(23)30)29-19-8-4-17(27)5-9-19/h2-4,6-8,17,19-25,28-29H,5,9-15,26-27H2,1H3. The Balaban J connectivity index is 1.23. The van der Waals surface area contributed by atoms with Gasteiger partial charge in [-0.3, -0.25) is 4.90 Å². The molecule has 1 aliphatic heterocycles. The van der Waals surface area contributed by atoms with Gasteiger partial charge in [0.15, 0.2) is 0 Å². The average molecular weight is 410 g/mol. The number of nitrogens with zero attached hydrogens (tertiary/aromatic N) is 1. The van der Waals surface area contributed by atoms with Crippen molar-refractivity contribution in [1.82, 2.24) is 10.2 Å². The Morgan fingerprint density at radius 3 is 2.17 bits per heavy atom. The summed E-state index contributed by atoms with van der Waals surface area (Å²) in [6, 6.07) is 11.8. The van der Waals surface area contributed by atoms with Crippen molar-refractivity contribution in [3.05, 3.63) is 36.4 Å². The van der Waals surface area contributed by atoms with Crippen LogP contribution in [0.15, 0.2) is 36.4 Å². The maximum Gasteiger partial charge on any atom is 0.0343 e. The highest BCUT2D eigenvalue weighted by Gasteiger charge is 2.51. The van der Waals surface area contributed by atoms with Crippen LogP contribution in [0.4, 0.5) is 11.4 Å². The molecule has 0 radical (unpaired) electrons. The molecule has 1 saturated heterocycles. The first-order valence-electron chi connectivity index (χ1n) is 12.1. The average Bonchev–Trinajstić information content (AvgIpc) is 3.03. The normalized spacial score (nSPS) is 41.3. The molecule has 8 unspecified atom stereocenters. The van der Waals surface area contributed by atoms with Gasteiger partial charge in [0.2, 0.25) is 0 Å². The molecule has 8 atom stereocenters. The van der Waals surface area contributed by atoms with Crippen molar-refractivity contribution in [3.8, 4) is 0 Å². The second-order valence-electron chi connectivity index (χ2n) is 10.3. The molecule has 4 aliphatic rings. The van der Waals surface area contributed by atoms with Crippen molar-refractivity contribution in [3.63, 3.8) is 0 Å². The summed E-state index contributed by atoms with van der Waals surface area (Å²) in [5.41, 5.74) is 13.9. The molecule has 1 heterocycles. The first-order valence-corrected chi connectivity index (χ1v) is 12.1. The lowest BCUT2D eigenvalue weighted by Gasteiger charge is -2.39. The molecule has 3 aliphatic carbocycles. The predicted molar refractivity (Wildman–Crippen MR) is 125 cm³/mol. The van der Waals surface area contributed by atoms with E-state index in [1.165, 1.54) is 50.6 Å². The summed E-state index contributed by atoms with van der Waals surface area (Å²) in [4.78, 5) is 2.75. The molecule has 6 N–H and O–H groups in total. The van der Waals surface area contributed by atoms with Gasteiger partial charge < -0.3 is 22.1 Å². The van der Waals surface area contributed by atoms with Gasteiger partial charge in [-0.25, -0.2) is 0 Å². The van der Waals surface area contributed by atoms with E-state index in [1.54, 1.807) is 0 Å². The van der Waals surface area contributed by atoms with Gasteiger partial charge in [-0.15, -0.1) is 0 Å². The molecule has 1 aromatic rings. The zero-order valence-electron chi connectivity index (χ0n) is 18.3. The summed E-state index contributed by atoms with van der Waals surface area (Å²) in [5, 5.41) is 7.77. The van der Waals surface area contributed by atoms with E-state index in [-0.39, 0.29) is 6.04 Å². The third kappa shape index (κ3) is 4.12. The fourth-order valence-corrected chi connectivity index (χ4v) is 6.94. The summed E-state index contributed by atoms with van der Waals surface area (Å²) in [6.45, 7) is 0. The molecule has 5 rings (SSSR count). The predicted octanol–water partition coefficient (Wildman–Crippen LogP) is 3.34. The summed E-state index contributed by atoms with van der Waals surface area (Å²) < 4.78 is 0. The van der Waals surface area contributed by atoms with E-state index < -0.39 is 0 Å². The van der Waals surface area contributed by atoms with Crippen LogP contribution in [0.5, 0.6) is 0 Å². The summed E-state index contributed by atoms with van der Waals surface area (Å²) in [7, 11) is 2.40. The first kappa shape index (κ1) is 20.3. The zero-order chi connectivity index (χ0) is 20.7. The Labute approximate surface area is 181 Å². The van der Waals surface area contributed by atoms with E-state index >= 15 is 0 Å². The molecule has 164 valence electrons. The number of hydrogen-bond acceptors (Lipinski definition) is 5. The summed E-state index contributed by atoms with van der Waals surface area (Å²) >= 11 is 0. The number of fused-ring (bicyclic) bond motifs is 3. The van der Waals surface area contributed by atoms with Gasteiger partial charge in [0.25, 0.3) is 0 Å². The highest BCUT2D eigenvalue weighted by Crippen LogP contribution is 2.48. The molecule has 0 aromatic heterocycles. The van der Waals surface area contributed by atoms with Gasteiger partial charge in [-0.05, 0) is 94.5 Å². The fraction of sp³-hybridized carbons (Fsp3) is 0.680. The second-order valence-corrected chi connectivity index (χ2v) is 10.3. The fourth-order valence-electron chi connectivity index (χ4n) is 6.94. The number of rotatable bonds is 4. The van der Waals surface area contributed by atoms with Crippen LogP contribution in [0.3, 0.4) is 0 Å². The van der Waals surface area contributed by atoms with Crippen molar-refractivity contribution < 1.29 is 0 Å². The minimum absolute atomic E-state index is 0.260. The molecule has 1 aromatic carbocycles. The Morgan fingerprint density at radius 2 is 1.50 bits per heavy atom. The van der Waals surface area contributed by atoms with E-state index in [0.29, 0.717) is 18.1 Å². The molecule has 5 nitrogen and oxygen atoms in total. The molecular weight excluding hydrogens is 370 g/mol. The van der Waals surface area contributed by atoms with E-state index in [4.69, 9.17) is 11.5 Å². The largest absolute Gasteiger partial charge is 0.399 e. The maximum absolute atomic E-state index is 6.03. The van der Waals surface area contributed by atoms with Crippen molar-refractivity contribution in [2.45, 2.75) is 87.6 Å². The maximum atomic E-state index is 6.03. The van der Waals surface area contributed by atoms with Crippen LogP contribution in [-0.4, -0.2) is 48.2 Å². The number of benzene rings is 1. The van der Waals surface area contributed by atoms with Gasteiger partial charge in [0, 0.05) is 47.6 Å². The van der Waals surface area contributed by atoms with Gasteiger partial charge in [-0.1, -0.05) is 12.2 Å². The summed E-state index contributed by atoms with van der Waals surface area (Å²) in [6.07, 6.45) is 14.7. The monoisotopic (exact) mass is 409 g/mol. The van der Waals surface area contributed by atoms with Crippen LogP contribution in [0.2, 0.25) is 0 Å². The Bertz CT molecular complexity index is 746. The van der Waals surface area contributed by atoms with Gasteiger partial charge in [0.1, 0.15) is 0 Å². The Kier molecular flexibility index (Phi) is 5.78. The number of nitrogens with two attached hydrogens (primary N) is 2. The number of hydrogen-bond donors (Lipinski definition) is 4. The second kappa shape index (κ2) is 8.52. The van der Waals surface area contributed by atoms with Gasteiger partial charge in [-0.2, -0.15) is 0 Å². The van der Waals surface area contributed by atoms with Crippen LogP contribution in [-0.2, 0) is 0 Å². The molecule has 0 amide bonds. The van der Waals surface area contributed by atoms with Gasteiger partial charge in [0.05, 0.1) is 0 Å². The summed E-state index contributed by atoms with van der Waals surface area (Å²) in [5.74, 6) is 1.65. The lowest BCUT2D eigenvalue weighted by molar-refractivity contribution is 0.161. The SMILES string of the molecule is CN1C2CCC(Nc3ccc(N)cc3)CC2C2CC(NC3C=CC(N)CC3)CCC21. The minimum Gasteiger partial charge on any atom is -0.399 e. The smallest absolute Gasteiger partial charge is 0.0343 e. The third-order valence-electron chi connectivity index (χ3n) is 8.45. The van der Waals surface area contributed by atoms with Crippen LogP contribution in [0.25, 0.3) is 0 Å². The minimum atomic E-state index is 0.260. The van der Waals surface area contributed by atoms with E-state index in [1.807, 2.05) is 12.1 Å². The van der Waals surface area contributed by atoms with Crippen LogP contribution in [0.1, 0.15) is 51.4 Å². The molecular formula is C25H39N5. The number of nitrogen functional groups attached to an aromatic ring is 1. The Morgan fingerprint density at radius 1 is 0.833 bits per heavy atom. The van der Waals surface area contributed by atoms with Crippen LogP contribution >= 0.6 is 0 Å². The quantitative estimate of drug-likeness (QED) is 0.453. The van der Waals surface area contributed by atoms with Gasteiger partial charge >= 0.3 is 0 Å². The highest BCUT2D eigenvalue weighted by atomic mass is 15.2. The van der Waals surface area contributed by atoms with Crippen LogP contribution < -0.4 is 22.1 Å². The molecule has 0 spiro atoms. The molecule has 2 saturated carbocycles. The van der Waals surface area contributed by atoms with E-state index in [9.17, 15) is 0 Å². The lowest BCUT2D eigenvalue weighted by Crippen LogP contribution is -2.46. The van der Waals surface area contributed by atoms with Crippen molar-refractivity contribution in [1.29, 1.82) is 0 Å². The first-order chi connectivity index (χ1) is 14.6.